The Bertz CT molecular complexity index is 942. The van der Waals surface area contributed by atoms with Gasteiger partial charge in [0, 0.05) is 12.6 Å². The van der Waals surface area contributed by atoms with Crippen LogP contribution in [0.15, 0.2) is 51.4 Å². The van der Waals surface area contributed by atoms with Gasteiger partial charge in [-0.15, -0.1) is 0 Å². The van der Waals surface area contributed by atoms with Crippen molar-refractivity contribution in [2.45, 2.75) is 20.4 Å². The number of ether oxygens (including phenoxy) is 1. The number of nitrogens with zero attached hydrogens (tertiary/aromatic N) is 2. The topological polar surface area (TPSA) is 85.8 Å². The van der Waals surface area contributed by atoms with Gasteiger partial charge in [-0.25, -0.2) is 4.79 Å². The largest absolute Gasteiger partial charge is 0.464 e. The Morgan fingerprint density at radius 3 is 2.52 bits per heavy atom. The summed E-state index contributed by atoms with van der Waals surface area (Å²) in [5.41, 5.74) is 1.35. The van der Waals surface area contributed by atoms with Crippen LogP contribution < -0.4 is 0 Å². The number of furan rings is 1. The summed E-state index contributed by atoms with van der Waals surface area (Å²) in [6, 6.07) is 12.8. The van der Waals surface area contributed by atoms with E-state index in [0.29, 0.717) is 23.8 Å². The van der Waals surface area contributed by atoms with Gasteiger partial charge < -0.3 is 18.6 Å². The van der Waals surface area contributed by atoms with Crippen LogP contribution >= 0.6 is 0 Å². The first-order valence-electron chi connectivity index (χ1n) is 8.44. The van der Waals surface area contributed by atoms with Crippen molar-refractivity contribution in [3.63, 3.8) is 0 Å². The molecular weight excluding hydrogens is 348 g/mol. The lowest BCUT2D eigenvalue weighted by atomic mass is 10.1. The zero-order valence-electron chi connectivity index (χ0n) is 15.4. The van der Waals surface area contributed by atoms with Gasteiger partial charge in [0.15, 0.2) is 6.61 Å². The highest BCUT2D eigenvalue weighted by atomic mass is 16.5. The van der Waals surface area contributed by atoms with E-state index in [2.05, 4.69) is 5.16 Å². The van der Waals surface area contributed by atoms with Crippen molar-refractivity contribution in [1.82, 2.24) is 10.1 Å². The van der Waals surface area contributed by atoms with Gasteiger partial charge in [-0.1, -0.05) is 35.5 Å². The molecule has 0 aliphatic rings. The number of rotatable bonds is 6. The molecule has 140 valence electrons. The van der Waals surface area contributed by atoms with Crippen molar-refractivity contribution in [2.24, 2.45) is 0 Å². The maximum Gasteiger partial charge on any atom is 0.344 e. The van der Waals surface area contributed by atoms with Gasteiger partial charge in [0.25, 0.3) is 5.91 Å². The molecule has 0 radical (unpaired) electrons. The number of benzene rings is 1. The molecule has 0 N–H and O–H groups in total. The number of hydrogen-bond donors (Lipinski definition) is 0. The Morgan fingerprint density at radius 1 is 1.11 bits per heavy atom. The summed E-state index contributed by atoms with van der Waals surface area (Å²) >= 11 is 0. The highest BCUT2D eigenvalue weighted by Crippen LogP contribution is 2.25. The zero-order valence-corrected chi connectivity index (χ0v) is 15.4. The molecule has 0 saturated heterocycles. The van der Waals surface area contributed by atoms with E-state index >= 15 is 0 Å². The number of amides is 1. The van der Waals surface area contributed by atoms with Gasteiger partial charge in [-0.3, -0.25) is 4.79 Å². The minimum atomic E-state index is -0.650. The lowest BCUT2D eigenvalue weighted by Crippen LogP contribution is -2.30. The molecule has 1 amide bonds. The number of carbonyl (C=O) groups excluding carboxylic acids is 2. The highest BCUT2D eigenvalue weighted by Gasteiger charge is 2.24. The fourth-order valence-corrected chi connectivity index (χ4v) is 2.61. The average molecular weight is 368 g/mol. The van der Waals surface area contributed by atoms with E-state index in [4.69, 9.17) is 13.7 Å². The van der Waals surface area contributed by atoms with Crippen molar-refractivity contribution in [3.8, 4) is 11.3 Å². The molecule has 0 bridgehead atoms. The van der Waals surface area contributed by atoms with Crippen molar-refractivity contribution >= 4 is 11.9 Å². The normalized spacial score (nSPS) is 10.6. The van der Waals surface area contributed by atoms with Gasteiger partial charge in [0.1, 0.15) is 28.5 Å². The van der Waals surface area contributed by atoms with Crippen molar-refractivity contribution < 1.29 is 23.3 Å². The smallest absolute Gasteiger partial charge is 0.344 e. The van der Waals surface area contributed by atoms with Crippen LogP contribution in [0.4, 0.5) is 0 Å². The first kappa shape index (κ1) is 18.4. The fourth-order valence-electron chi connectivity index (χ4n) is 2.61. The molecule has 7 heteroatoms. The second-order valence-corrected chi connectivity index (χ2v) is 6.17. The van der Waals surface area contributed by atoms with Crippen LogP contribution in [-0.2, 0) is 16.1 Å². The molecular formula is C20H20N2O5. The van der Waals surface area contributed by atoms with Gasteiger partial charge in [0.2, 0.25) is 0 Å². The maximum atomic E-state index is 12.5. The maximum absolute atomic E-state index is 12.5. The number of aromatic nitrogens is 1. The minimum absolute atomic E-state index is 0.221. The van der Waals surface area contributed by atoms with Crippen LogP contribution in [-0.4, -0.2) is 35.6 Å². The van der Waals surface area contributed by atoms with Gasteiger partial charge in [0.05, 0.1) is 6.54 Å². The van der Waals surface area contributed by atoms with Gasteiger partial charge in [-0.2, -0.15) is 0 Å². The van der Waals surface area contributed by atoms with Crippen molar-refractivity contribution in [1.29, 1.82) is 0 Å². The summed E-state index contributed by atoms with van der Waals surface area (Å²) in [6.07, 6.45) is 0. The Balaban J connectivity index is 1.64. The predicted molar refractivity (Wildman–Crippen MR) is 96.9 cm³/mol. The Morgan fingerprint density at radius 2 is 1.85 bits per heavy atom. The molecule has 2 heterocycles. The molecule has 0 aliphatic heterocycles. The summed E-state index contributed by atoms with van der Waals surface area (Å²) in [7, 11) is 1.62. The summed E-state index contributed by atoms with van der Waals surface area (Å²) in [5.74, 6) is 0.784. The van der Waals surface area contributed by atoms with Crippen molar-refractivity contribution in [2.75, 3.05) is 13.7 Å². The van der Waals surface area contributed by atoms with E-state index in [1.54, 1.807) is 20.0 Å². The number of aryl methyl sites for hydroxylation is 2. The number of esters is 1. The van der Waals surface area contributed by atoms with Crippen LogP contribution in [0.3, 0.4) is 0 Å². The Hall–Kier alpha value is -3.35. The molecule has 0 saturated carbocycles. The van der Waals surface area contributed by atoms with E-state index in [-0.39, 0.29) is 18.1 Å². The molecule has 0 atom stereocenters. The monoisotopic (exact) mass is 368 g/mol. The first-order valence-corrected chi connectivity index (χ1v) is 8.44. The Labute approximate surface area is 156 Å². The summed E-state index contributed by atoms with van der Waals surface area (Å²) in [6.45, 7) is 3.38. The molecule has 3 rings (SSSR count). The number of carbonyl (C=O) groups is 2. The van der Waals surface area contributed by atoms with Crippen LogP contribution in [0.25, 0.3) is 11.3 Å². The van der Waals surface area contributed by atoms with Gasteiger partial charge >= 0.3 is 5.97 Å². The quantitative estimate of drug-likeness (QED) is 0.620. The third-order valence-electron chi connectivity index (χ3n) is 4.06. The molecule has 0 fully saturated rings. The van der Waals surface area contributed by atoms with E-state index in [1.807, 2.05) is 43.3 Å². The SMILES string of the molecule is Cc1ccc(CN(C)C(=O)COC(=O)c2c(-c3ccccc3)noc2C)o1. The first-order chi connectivity index (χ1) is 13.0. The third-order valence-corrected chi connectivity index (χ3v) is 4.06. The summed E-state index contributed by atoms with van der Waals surface area (Å²) in [4.78, 5) is 26.2. The molecule has 0 spiro atoms. The Kier molecular flexibility index (Phi) is 5.40. The second kappa shape index (κ2) is 7.90. The predicted octanol–water partition coefficient (Wildman–Crippen LogP) is 3.37. The highest BCUT2D eigenvalue weighted by molar-refractivity contribution is 5.98. The van der Waals surface area contributed by atoms with Crippen LogP contribution in [0.5, 0.6) is 0 Å². The molecule has 1 aromatic carbocycles. The van der Waals surface area contributed by atoms with Crippen LogP contribution in [0.1, 0.15) is 27.6 Å². The number of hydrogen-bond acceptors (Lipinski definition) is 6. The molecule has 3 aromatic rings. The molecule has 7 nitrogen and oxygen atoms in total. The molecule has 0 aliphatic carbocycles. The second-order valence-electron chi connectivity index (χ2n) is 6.17. The van der Waals surface area contributed by atoms with E-state index < -0.39 is 5.97 Å². The summed E-state index contributed by atoms with van der Waals surface area (Å²) in [5, 5.41) is 3.94. The molecule has 0 unspecified atom stereocenters. The van der Waals surface area contributed by atoms with Crippen molar-refractivity contribution in [3.05, 3.63) is 65.3 Å². The van der Waals surface area contributed by atoms with Crippen LogP contribution in [0.2, 0.25) is 0 Å². The zero-order chi connectivity index (χ0) is 19.4. The lowest BCUT2D eigenvalue weighted by Gasteiger charge is -2.15. The minimum Gasteiger partial charge on any atom is -0.464 e. The number of likely N-dealkylation sites (N-methyl/N-ethyl adjacent to an activating group) is 1. The molecule has 2 aromatic heterocycles. The third kappa shape index (κ3) is 4.25. The standard InChI is InChI=1S/C20H20N2O5/c1-13-9-10-16(26-13)11-22(3)17(23)12-25-20(24)18-14(2)27-21-19(18)15-7-5-4-6-8-15/h4-10H,11-12H2,1-3H3. The fraction of sp³-hybridized carbons (Fsp3) is 0.250. The molecule has 27 heavy (non-hydrogen) atoms. The van der Waals surface area contributed by atoms with Gasteiger partial charge in [-0.05, 0) is 26.0 Å². The van der Waals surface area contributed by atoms with Crippen LogP contribution in [0, 0.1) is 13.8 Å². The van der Waals surface area contributed by atoms with E-state index in [9.17, 15) is 9.59 Å². The average Bonchev–Trinajstić information content (AvgIpc) is 3.25. The van der Waals surface area contributed by atoms with E-state index in [1.165, 1.54) is 4.90 Å². The lowest BCUT2D eigenvalue weighted by molar-refractivity contribution is -0.134. The van der Waals surface area contributed by atoms with E-state index in [0.717, 1.165) is 11.3 Å². The summed E-state index contributed by atoms with van der Waals surface area (Å²) < 4.78 is 15.8.